The Bertz CT molecular complexity index is 2800. The van der Waals surface area contributed by atoms with Crippen LogP contribution < -0.4 is 18.9 Å². The first kappa shape index (κ1) is 74.8. The summed E-state index contributed by atoms with van der Waals surface area (Å²) >= 11 is 0. The number of Topliss-reactive ketones (excluding diaryl/α,β-unsaturated/α-hetero) is 1. The number of benzene rings is 2. The Morgan fingerprint density at radius 3 is 1.03 bits per heavy atom. The minimum atomic E-state index is -1.24. The first-order valence-corrected chi connectivity index (χ1v) is 39.4. The van der Waals surface area contributed by atoms with Crippen LogP contribution in [0.1, 0.15) is 361 Å². The number of hydrogen-bond donors (Lipinski definition) is 0. The molecule has 0 aromatic heterocycles. The van der Waals surface area contributed by atoms with Crippen molar-refractivity contribution in [2.24, 2.45) is 58.7 Å². The highest BCUT2D eigenvalue weighted by Gasteiger charge is 2.79. The van der Waals surface area contributed by atoms with Gasteiger partial charge in [-0.2, -0.15) is 0 Å². The van der Waals surface area contributed by atoms with Gasteiger partial charge in [-0.15, -0.1) is 0 Å². The summed E-state index contributed by atoms with van der Waals surface area (Å²) in [6.45, 7) is 49.3. The van der Waals surface area contributed by atoms with E-state index in [0.717, 1.165) is 162 Å². The molecular formula is C86H142O6. The molecule has 0 radical (unpaired) electrons. The van der Waals surface area contributed by atoms with Crippen LogP contribution in [0.4, 0.5) is 0 Å². The highest BCUT2D eigenvalue weighted by molar-refractivity contribution is 6.06. The van der Waals surface area contributed by atoms with Gasteiger partial charge in [0.05, 0.1) is 11.0 Å². The van der Waals surface area contributed by atoms with Crippen molar-refractivity contribution >= 4 is 5.78 Å². The minimum Gasteiger partial charge on any atom is -0.487 e. The molecule has 6 nitrogen and oxygen atoms in total. The van der Waals surface area contributed by atoms with Crippen molar-refractivity contribution in [2.75, 3.05) is 0 Å². The number of carbonyl (C=O) groups is 1. The van der Waals surface area contributed by atoms with Crippen molar-refractivity contribution in [1.82, 2.24) is 0 Å². The molecule has 0 amide bonds. The lowest BCUT2D eigenvalue weighted by atomic mass is 9.49. The minimum absolute atomic E-state index is 0.109. The van der Waals surface area contributed by atoms with Crippen molar-refractivity contribution in [3.8, 4) is 23.0 Å². The predicted molar refractivity (Wildman–Crippen MR) is 389 cm³/mol. The van der Waals surface area contributed by atoms with Crippen LogP contribution >= 0.6 is 0 Å². The normalized spacial score (nSPS) is 27.7. The van der Waals surface area contributed by atoms with Crippen LogP contribution in [-0.2, 0) is 35.2 Å². The van der Waals surface area contributed by atoms with Gasteiger partial charge in [0.2, 0.25) is 11.6 Å². The van der Waals surface area contributed by atoms with Gasteiger partial charge in [0.25, 0.3) is 0 Å². The average molecular weight is 1270 g/mol. The largest absolute Gasteiger partial charge is 0.487 e. The summed E-state index contributed by atoms with van der Waals surface area (Å²) in [5.41, 5.74) is 8.13. The van der Waals surface area contributed by atoms with Crippen molar-refractivity contribution in [3.05, 3.63) is 55.7 Å². The Morgan fingerprint density at radius 2 is 0.663 bits per heavy atom. The third-order valence-electron chi connectivity index (χ3n) is 25.7. The molecule has 0 N–H and O–H groups in total. The van der Waals surface area contributed by atoms with E-state index in [2.05, 4.69) is 145 Å². The third kappa shape index (κ3) is 16.9. The van der Waals surface area contributed by atoms with Crippen LogP contribution in [0.5, 0.6) is 23.0 Å². The maximum atomic E-state index is 16.3. The highest BCUT2D eigenvalue weighted by Crippen LogP contribution is 2.70. The molecular weight excluding hydrogens is 1130 g/mol. The molecule has 0 unspecified atom stereocenters. The topological polar surface area (TPSA) is 63.2 Å². The molecule has 92 heavy (non-hydrogen) atoms. The van der Waals surface area contributed by atoms with Gasteiger partial charge < -0.3 is 23.7 Å². The Morgan fingerprint density at radius 1 is 0.348 bits per heavy atom. The van der Waals surface area contributed by atoms with Crippen LogP contribution in [0.3, 0.4) is 0 Å². The van der Waals surface area contributed by atoms with Gasteiger partial charge in [-0.1, -0.05) is 224 Å². The number of hydrogen-bond acceptors (Lipinski definition) is 6. The monoisotopic (exact) mass is 1270 g/mol. The van der Waals surface area contributed by atoms with Gasteiger partial charge in [0.15, 0.2) is 5.60 Å². The Hall–Kier alpha value is -2.99. The molecule has 5 heterocycles. The van der Waals surface area contributed by atoms with E-state index < -0.39 is 22.4 Å². The summed E-state index contributed by atoms with van der Waals surface area (Å²) in [5.74, 6) is 9.84. The second kappa shape index (κ2) is 31.7. The molecule has 1 fully saturated rings. The zero-order valence-corrected chi connectivity index (χ0v) is 63.9. The van der Waals surface area contributed by atoms with Gasteiger partial charge in [-0.3, -0.25) is 4.79 Å². The molecule has 12 atom stereocenters. The van der Waals surface area contributed by atoms with Crippen LogP contribution in [-0.4, -0.2) is 34.0 Å². The fourth-order valence-electron chi connectivity index (χ4n) is 18.7. The van der Waals surface area contributed by atoms with E-state index >= 15 is 4.79 Å². The summed E-state index contributed by atoms with van der Waals surface area (Å²) in [6, 6.07) is 0. The van der Waals surface area contributed by atoms with Gasteiger partial charge in [-0.05, 0) is 215 Å². The quantitative estimate of drug-likeness (QED) is 0.0677. The average Bonchev–Trinajstić information content (AvgIpc) is 1.13. The fraction of sp³-hybridized carbons (Fsp3) is 0.826. The highest BCUT2D eigenvalue weighted by atomic mass is 16.7. The van der Waals surface area contributed by atoms with E-state index in [0.29, 0.717) is 18.8 Å². The van der Waals surface area contributed by atoms with E-state index in [1.165, 1.54) is 175 Å². The molecule has 2 aromatic carbocycles. The van der Waals surface area contributed by atoms with Crippen molar-refractivity contribution < 1.29 is 28.5 Å². The van der Waals surface area contributed by atoms with Gasteiger partial charge >= 0.3 is 0 Å². The summed E-state index contributed by atoms with van der Waals surface area (Å²) < 4.78 is 39.0. The SMILES string of the molecule is CC1=C(C)[C@@]23Oc4c(C)c(C)c5c(c4C[C@@]2(CC[C@@](C)(CCC[C@H](C)CCC[C@H](C)CCCC(C)C)O3)[C@]2(Cc3c4c(c(C)c(C)c3O2)O[C@](C)(CCC[C@H](C)CCC[C@H](C)CCCC(C)C)CC4)C1=O)CC[C@@](C)(CCC[C@H](C)CCC[C@H](C)CCCC(C)C)O5. The number of rotatable bonds is 36. The van der Waals surface area contributed by atoms with Crippen LogP contribution in [0.2, 0.25) is 0 Å². The maximum Gasteiger partial charge on any atom is 0.244 e. The first-order valence-electron chi connectivity index (χ1n) is 39.4. The summed E-state index contributed by atoms with van der Waals surface area (Å²) in [6.07, 6.45) is 41.0. The lowest BCUT2D eigenvalue weighted by Crippen LogP contribution is -2.78. The van der Waals surface area contributed by atoms with Crippen molar-refractivity contribution in [3.63, 3.8) is 0 Å². The smallest absolute Gasteiger partial charge is 0.244 e. The molecule has 522 valence electrons. The third-order valence-corrected chi connectivity index (χ3v) is 25.7. The van der Waals surface area contributed by atoms with E-state index in [9.17, 15) is 0 Å². The molecule has 8 rings (SSSR count). The Balaban J connectivity index is 1.05. The molecule has 1 aliphatic carbocycles. The molecule has 5 aliphatic heterocycles. The zero-order valence-electron chi connectivity index (χ0n) is 63.9. The number of carbonyl (C=O) groups excluding carboxylic acids is 1. The summed E-state index contributed by atoms with van der Waals surface area (Å²) in [4.78, 5) is 16.3. The lowest BCUT2D eigenvalue weighted by molar-refractivity contribution is -0.347. The van der Waals surface area contributed by atoms with E-state index in [4.69, 9.17) is 23.7 Å². The number of ketones is 1. The molecule has 6 aliphatic rings. The van der Waals surface area contributed by atoms with E-state index in [1.54, 1.807) is 0 Å². The Kier molecular flexibility index (Phi) is 25.8. The van der Waals surface area contributed by atoms with E-state index in [1.807, 2.05) is 0 Å². The maximum absolute atomic E-state index is 16.3. The Labute approximate surface area is 566 Å². The fourth-order valence-corrected chi connectivity index (χ4v) is 18.7. The molecule has 1 saturated heterocycles. The first-order chi connectivity index (χ1) is 43.4. The van der Waals surface area contributed by atoms with Gasteiger partial charge in [-0.25, -0.2) is 0 Å². The van der Waals surface area contributed by atoms with Crippen LogP contribution in [0.25, 0.3) is 0 Å². The summed E-state index contributed by atoms with van der Waals surface area (Å²) in [5, 5.41) is 0. The number of fused-ring (bicyclic) bond motifs is 6. The zero-order chi connectivity index (χ0) is 67.1. The van der Waals surface area contributed by atoms with Crippen molar-refractivity contribution in [1.29, 1.82) is 0 Å². The second-order valence-electron chi connectivity index (χ2n) is 35.6. The predicted octanol–water partition coefficient (Wildman–Crippen LogP) is 24.9. The number of ether oxygens (including phenoxy) is 5. The van der Waals surface area contributed by atoms with Gasteiger partial charge in [0, 0.05) is 39.8 Å². The lowest BCUT2D eigenvalue weighted by Gasteiger charge is -2.66. The molecule has 0 saturated carbocycles. The molecule has 6 heteroatoms. The summed E-state index contributed by atoms with van der Waals surface area (Å²) in [7, 11) is 0. The van der Waals surface area contributed by atoms with Crippen molar-refractivity contribution in [2.45, 2.75) is 398 Å². The second-order valence-corrected chi connectivity index (χ2v) is 35.6. The molecule has 2 aromatic rings. The molecule has 0 bridgehead atoms. The standard InChI is InChI=1S/C86H142O6/c1-57(2)31-22-34-60(7)37-25-40-63(10)43-28-48-81(19)51-46-72-74-55-84-54-53-83(21,50-30-45-65(12)42-27-39-62(9)36-24-33-59(5)6)92-86(84,91-79(74)69(16)67(14)76(72)88-81)71(18)70(17)80(87)85(84)56-75-73-47-52-82(20,89-77(73)66(13)68(15)78(75)90-85)49-29-44-64(11)41-26-38-61(8)35-23-32-58(3)4/h57-65H,22-56H2,1-21H3/t60-,61-,62-,63-,64-,65-,81-,82-,83-,84+,85+,86+/m1/s1. The van der Waals surface area contributed by atoms with Crippen LogP contribution in [0.15, 0.2) is 11.1 Å². The van der Waals surface area contributed by atoms with Gasteiger partial charge in [0.1, 0.15) is 34.2 Å². The van der Waals surface area contributed by atoms with E-state index in [-0.39, 0.29) is 17.0 Å². The van der Waals surface area contributed by atoms with Crippen LogP contribution in [0, 0.1) is 86.4 Å². The molecule has 1 spiro atoms.